The first kappa shape index (κ1) is 23.2. The van der Waals surface area contributed by atoms with Crippen molar-refractivity contribution in [3.8, 4) is 0 Å². The number of benzene rings is 2. The van der Waals surface area contributed by atoms with Crippen LogP contribution in [0, 0.1) is 0 Å². The minimum Gasteiger partial charge on any atom is -0.366 e. The van der Waals surface area contributed by atoms with Crippen molar-refractivity contribution in [3.05, 3.63) is 68.0 Å². The summed E-state index contributed by atoms with van der Waals surface area (Å²) in [5.41, 5.74) is 3.91. The van der Waals surface area contributed by atoms with Crippen molar-refractivity contribution >= 4 is 57.9 Å². The highest BCUT2D eigenvalue weighted by Gasteiger charge is 2.37. The lowest BCUT2D eigenvalue weighted by Crippen LogP contribution is -2.48. The molecule has 0 saturated carbocycles. The van der Waals surface area contributed by atoms with Crippen LogP contribution in [-0.2, 0) is 11.3 Å². The summed E-state index contributed by atoms with van der Waals surface area (Å²) in [7, 11) is 0. The number of hydrogen-bond acceptors (Lipinski definition) is 4. The maximum absolute atomic E-state index is 13.0. The molecule has 0 N–H and O–H groups in total. The number of rotatable bonds is 4. The van der Waals surface area contributed by atoms with Gasteiger partial charge in [0.05, 0.1) is 11.4 Å². The number of thioether (sulfide) groups is 1. The third-order valence-corrected chi connectivity index (χ3v) is 7.87. The van der Waals surface area contributed by atoms with Gasteiger partial charge in [0, 0.05) is 27.8 Å². The van der Waals surface area contributed by atoms with Gasteiger partial charge in [0.2, 0.25) is 0 Å². The Morgan fingerprint density at radius 3 is 2.56 bits per heavy atom. The first-order valence-corrected chi connectivity index (χ1v) is 12.3. The number of hydrogen-bond donors (Lipinski definition) is 0. The van der Waals surface area contributed by atoms with Crippen molar-refractivity contribution in [2.75, 3.05) is 11.4 Å². The molecule has 0 aliphatic carbocycles. The molecule has 0 spiro atoms. The van der Waals surface area contributed by atoms with E-state index < -0.39 is 0 Å². The van der Waals surface area contributed by atoms with Gasteiger partial charge in [-0.1, -0.05) is 48.3 Å². The Morgan fingerprint density at radius 1 is 1.16 bits per heavy atom. The van der Waals surface area contributed by atoms with E-state index >= 15 is 0 Å². The van der Waals surface area contributed by atoms with E-state index in [9.17, 15) is 9.59 Å². The van der Waals surface area contributed by atoms with E-state index in [4.69, 9.17) is 23.2 Å². The van der Waals surface area contributed by atoms with Gasteiger partial charge in [-0.05, 0) is 85.8 Å². The van der Waals surface area contributed by atoms with Crippen LogP contribution in [0.4, 0.5) is 10.5 Å². The second kappa shape index (κ2) is 8.77. The summed E-state index contributed by atoms with van der Waals surface area (Å²) in [6, 6.07) is 11.3. The number of halogens is 2. The lowest BCUT2D eigenvalue weighted by Gasteiger charge is -2.47. The highest BCUT2D eigenvalue weighted by atomic mass is 35.5. The summed E-state index contributed by atoms with van der Waals surface area (Å²) in [5.74, 6) is 0.0422. The molecular formula is C25H26Cl2N2O2S. The highest BCUT2D eigenvalue weighted by Crippen LogP contribution is 2.46. The largest absolute Gasteiger partial charge is 0.366 e. The molecular weight excluding hydrogens is 463 g/mol. The van der Waals surface area contributed by atoms with Gasteiger partial charge in [-0.3, -0.25) is 14.5 Å². The standard InChI is InChI=1S/C25H26Cl2N2O2S/c1-5-29-21-12-20(27)17(10-18(21)15(2)13-25(29,3)4)11-22-23(30)28(24(31)32-22)14-16-8-6-7-9-19(16)26/h6-12,15H,5,13-14H2,1-4H3/b22-11+. The second-order valence-corrected chi connectivity index (χ2v) is 10.8. The van der Waals surface area contributed by atoms with Crippen LogP contribution < -0.4 is 4.90 Å². The van der Waals surface area contributed by atoms with Crippen molar-refractivity contribution in [2.24, 2.45) is 0 Å². The number of nitrogens with zero attached hydrogens (tertiary/aromatic N) is 2. The van der Waals surface area contributed by atoms with E-state index in [1.54, 1.807) is 12.1 Å². The third-order valence-electron chi connectivity index (χ3n) is 6.27. The molecule has 1 saturated heterocycles. The molecule has 168 valence electrons. The zero-order valence-electron chi connectivity index (χ0n) is 18.6. The molecule has 2 amide bonds. The molecule has 7 heteroatoms. The Balaban J connectivity index is 1.66. The molecule has 2 aromatic rings. The van der Waals surface area contributed by atoms with E-state index in [2.05, 4.69) is 38.7 Å². The Labute approximate surface area is 203 Å². The maximum atomic E-state index is 13.0. The fraction of sp³-hybridized carbons (Fsp3) is 0.360. The SMILES string of the molecule is CCN1c2cc(Cl)c(/C=C3/SC(=O)N(Cc4ccccc4Cl)C3=O)cc2C(C)CC1(C)C. The zero-order chi connectivity index (χ0) is 23.2. The van der Waals surface area contributed by atoms with E-state index in [1.807, 2.05) is 24.3 Å². The number of amides is 2. The lowest BCUT2D eigenvalue weighted by atomic mass is 9.79. The van der Waals surface area contributed by atoms with Crippen molar-refractivity contribution in [1.29, 1.82) is 0 Å². The molecule has 2 aromatic carbocycles. The van der Waals surface area contributed by atoms with Crippen molar-refractivity contribution in [2.45, 2.75) is 52.1 Å². The zero-order valence-corrected chi connectivity index (χ0v) is 20.9. The van der Waals surface area contributed by atoms with Gasteiger partial charge in [0.15, 0.2) is 0 Å². The molecule has 0 aromatic heterocycles. The fourth-order valence-electron chi connectivity index (χ4n) is 4.80. The normalized spacial score (nSPS) is 21.4. The predicted molar refractivity (Wildman–Crippen MR) is 135 cm³/mol. The molecule has 1 atom stereocenters. The quantitative estimate of drug-likeness (QED) is 0.421. The molecule has 1 fully saturated rings. The van der Waals surface area contributed by atoms with E-state index in [1.165, 1.54) is 10.5 Å². The van der Waals surface area contributed by atoms with Gasteiger partial charge in [-0.15, -0.1) is 0 Å². The summed E-state index contributed by atoms with van der Waals surface area (Å²) in [6.07, 6.45) is 2.77. The number of carbonyl (C=O) groups excluding carboxylic acids is 2. The topological polar surface area (TPSA) is 40.6 Å². The molecule has 0 bridgehead atoms. The van der Waals surface area contributed by atoms with E-state index in [-0.39, 0.29) is 23.2 Å². The minimum atomic E-state index is -0.321. The number of carbonyl (C=O) groups is 2. The third kappa shape index (κ3) is 4.18. The smallest absolute Gasteiger partial charge is 0.293 e. The first-order chi connectivity index (χ1) is 15.1. The van der Waals surface area contributed by atoms with E-state index in [0.717, 1.165) is 41.5 Å². The maximum Gasteiger partial charge on any atom is 0.293 e. The van der Waals surface area contributed by atoms with Gasteiger partial charge in [-0.25, -0.2) is 0 Å². The predicted octanol–water partition coefficient (Wildman–Crippen LogP) is 7.34. The van der Waals surface area contributed by atoms with Crippen LogP contribution in [-0.4, -0.2) is 28.1 Å². The average Bonchev–Trinajstić information content (AvgIpc) is 2.98. The molecule has 4 rings (SSSR count). The molecule has 2 aliphatic rings. The van der Waals surface area contributed by atoms with Crippen LogP contribution in [0.2, 0.25) is 10.0 Å². The Morgan fingerprint density at radius 2 is 1.88 bits per heavy atom. The van der Waals surface area contributed by atoms with Gasteiger partial charge in [-0.2, -0.15) is 0 Å². The van der Waals surface area contributed by atoms with Gasteiger partial charge in [0.1, 0.15) is 0 Å². The number of imide groups is 1. The Hall–Kier alpha value is -1.95. The fourth-order valence-corrected chi connectivity index (χ4v) is 6.04. The molecule has 2 heterocycles. The molecule has 2 aliphatic heterocycles. The van der Waals surface area contributed by atoms with E-state index in [0.29, 0.717) is 20.9 Å². The van der Waals surface area contributed by atoms with Crippen LogP contribution in [0.3, 0.4) is 0 Å². The number of anilines is 1. The summed E-state index contributed by atoms with van der Waals surface area (Å²) in [5, 5.41) is 0.804. The van der Waals surface area contributed by atoms with Gasteiger partial charge < -0.3 is 4.90 Å². The summed E-state index contributed by atoms with van der Waals surface area (Å²) in [4.78, 5) is 29.6. The highest BCUT2D eigenvalue weighted by molar-refractivity contribution is 8.18. The minimum absolute atomic E-state index is 0.0490. The second-order valence-electron chi connectivity index (χ2n) is 8.95. The Kier molecular flexibility index (Phi) is 6.36. The van der Waals surface area contributed by atoms with Crippen LogP contribution in [0.15, 0.2) is 41.3 Å². The van der Waals surface area contributed by atoms with Crippen LogP contribution >= 0.6 is 35.0 Å². The van der Waals surface area contributed by atoms with Crippen LogP contribution in [0.5, 0.6) is 0 Å². The van der Waals surface area contributed by atoms with Gasteiger partial charge >= 0.3 is 0 Å². The Bertz CT molecular complexity index is 1130. The summed E-state index contributed by atoms with van der Waals surface area (Å²) >= 11 is 13.8. The molecule has 32 heavy (non-hydrogen) atoms. The molecule has 0 radical (unpaired) electrons. The van der Waals surface area contributed by atoms with Gasteiger partial charge in [0.25, 0.3) is 11.1 Å². The average molecular weight is 489 g/mol. The molecule has 4 nitrogen and oxygen atoms in total. The monoisotopic (exact) mass is 488 g/mol. The first-order valence-electron chi connectivity index (χ1n) is 10.7. The van der Waals surface area contributed by atoms with Crippen molar-refractivity contribution < 1.29 is 9.59 Å². The van der Waals surface area contributed by atoms with Crippen LogP contribution in [0.1, 0.15) is 56.7 Å². The summed E-state index contributed by atoms with van der Waals surface area (Å²) in [6.45, 7) is 9.93. The number of fused-ring (bicyclic) bond motifs is 1. The molecule has 1 unspecified atom stereocenters. The van der Waals surface area contributed by atoms with Crippen LogP contribution in [0.25, 0.3) is 6.08 Å². The lowest BCUT2D eigenvalue weighted by molar-refractivity contribution is -0.123. The van der Waals surface area contributed by atoms with Crippen molar-refractivity contribution in [3.63, 3.8) is 0 Å². The van der Waals surface area contributed by atoms with Crippen molar-refractivity contribution in [1.82, 2.24) is 4.90 Å². The summed E-state index contributed by atoms with van der Waals surface area (Å²) < 4.78 is 0.